The normalized spacial score (nSPS) is 13.6. The first-order valence-corrected chi connectivity index (χ1v) is 13.6. The highest BCUT2D eigenvalue weighted by Gasteiger charge is 2.37. The molecule has 1 aliphatic carbocycles. The summed E-state index contributed by atoms with van der Waals surface area (Å²) in [6.07, 6.45) is 0. The summed E-state index contributed by atoms with van der Waals surface area (Å²) in [5.41, 5.74) is 14.8. The second kappa shape index (κ2) is 8.17. The van der Waals surface area contributed by atoms with Gasteiger partial charge in [0.25, 0.3) is 0 Å². The van der Waals surface area contributed by atoms with Crippen LogP contribution in [-0.2, 0) is 5.41 Å². The van der Waals surface area contributed by atoms with Crippen LogP contribution in [0.4, 0.5) is 0 Å². The maximum atomic E-state index is 2.40. The molecule has 6 aromatic rings. The molecular formula is C38H32. The molecule has 0 unspecified atom stereocenters. The maximum Gasteiger partial charge on any atom is 0.0159 e. The molecule has 184 valence electrons. The molecule has 0 fully saturated rings. The van der Waals surface area contributed by atoms with E-state index >= 15 is 0 Å². The smallest absolute Gasteiger partial charge is 0.0159 e. The molecule has 0 saturated heterocycles. The summed E-state index contributed by atoms with van der Waals surface area (Å²) in [5.74, 6) is 0. The standard InChI is InChI=1S/C38H32/c1-23-17-20-29-32(21-23)36(28-12-7-6-11-27(28)35(29)26-19-18-24(2)25(3)22-26)31-14-10-16-34-37(31)30-13-8-9-15-33(30)38(34,4)5/h6-22H,1-5H3. The van der Waals surface area contributed by atoms with Crippen LogP contribution >= 0.6 is 0 Å². The predicted molar refractivity (Wildman–Crippen MR) is 164 cm³/mol. The van der Waals surface area contributed by atoms with Gasteiger partial charge >= 0.3 is 0 Å². The Balaban J connectivity index is 1.67. The molecule has 0 N–H and O–H groups in total. The van der Waals surface area contributed by atoms with Crippen molar-refractivity contribution in [2.24, 2.45) is 0 Å². The van der Waals surface area contributed by atoms with E-state index in [2.05, 4.69) is 138 Å². The minimum atomic E-state index is -0.0250. The van der Waals surface area contributed by atoms with Gasteiger partial charge in [0.1, 0.15) is 0 Å². The summed E-state index contributed by atoms with van der Waals surface area (Å²) in [5, 5.41) is 5.27. The monoisotopic (exact) mass is 488 g/mol. The summed E-state index contributed by atoms with van der Waals surface area (Å²) in [6.45, 7) is 11.3. The van der Waals surface area contributed by atoms with Crippen LogP contribution in [0, 0.1) is 20.8 Å². The lowest BCUT2D eigenvalue weighted by Gasteiger charge is -2.23. The Bertz CT molecular complexity index is 1920. The van der Waals surface area contributed by atoms with Gasteiger partial charge in [0, 0.05) is 5.41 Å². The zero-order valence-electron chi connectivity index (χ0n) is 22.8. The highest BCUT2D eigenvalue weighted by molar-refractivity contribution is 6.22. The largest absolute Gasteiger partial charge is 0.0619 e. The number of benzene rings is 6. The zero-order valence-corrected chi connectivity index (χ0v) is 22.8. The van der Waals surface area contributed by atoms with Crippen LogP contribution in [0.3, 0.4) is 0 Å². The molecule has 38 heavy (non-hydrogen) atoms. The Hall–Kier alpha value is -4.16. The van der Waals surface area contributed by atoms with E-state index < -0.39 is 0 Å². The first-order valence-electron chi connectivity index (χ1n) is 13.6. The first kappa shape index (κ1) is 23.0. The topological polar surface area (TPSA) is 0 Å². The van der Waals surface area contributed by atoms with Gasteiger partial charge in [-0.2, -0.15) is 0 Å². The molecule has 0 amide bonds. The molecule has 0 spiro atoms. The second-order valence-corrected chi connectivity index (χ2v) is 11.5. The van der Waals surface area contributed by atoms with Crippen molar-refractivity contribution >= 4 is 21.5 Å². The minimum Gasteiger partial charge on any atom is -0.0619 e. The Kier molecular flexibility index (Phi) is 4.94. The molecule has 0 aliphatic heterocycles. The number of rotatable bonds is 2. The van der Waals surface area contributed by atoms with Gasteiger partial charge < -0.3 is 0 Å². The molecule has 0 heterocycles. The Morgan fingerprint density at radius 1 is 0.447 bits per heavy atom. The lowest BCUT2D eigenvalue weighted by Crippen LogP contribution is -2.14. The van der Waals surface area contributed by atoms with Crippen molar-refractivity contribution in [2.45, 2.75) is 40.0 Å². The van der Waals surface area contributed by atoms with E-state index in [1.165, 1.54) is 82.7 Å². The number of hydrogen-bond donors (Lipinski definition) is 0. The average molecular weight is 489 g/mol. The number of fused-ring (bicyclic) bond motifs is 5. The van der Waals surface area contributed by atoms with Crippen LogP contribution in [-0.4, -0.2) is 0 Å². The summed E-state index contributed by atoms with van der Waals surface area (Å²) in [6, 6.07) is 38.8. The minimum absolute atomic E-state index is 0.0250. The highest BCUT2D eigenvalue weighted by Crippen LogP contribution is 2.54. The molecular weight excluding hydrogens is 456 g/mol. The van der Waals surface area contributed by atoms with Gasteiger partial charge in [-0.1, -0.05) is 123 Å². The lowest BCUT2D eigenvalue weighted by molar-refractivity contribution is 0.660. The van der Waals surface area contributed by atoms with E-state index in [-0.39, 0.29) is 5.41 Å². The quantitative estimate of drug-likeness (QED) is 0.213. The van der Waals surface area contributed by atoms with Crippen LogP contribution in [0.15, 0.2) is 103 Å². The molecule has 0 bridgehead atoms. The van der Waals surface area contributed by atoms with E-state index in [0.29, 0.717) is 0 Å². The van der Waals surface area contributed by atoms with Gasteiger partial charge in [0.05, 0.1) is 0 Å². The van der Waals surface area contributed by atoms with Gasteiger partial charge in [-0.25, -0.2) is 0 Å². The van der Waals surface area contributed by atoms with E-state index in [4.69, 9.17) is 0 Å². The van der Waals surface area contributed by atoms with Crippen molar-refractivity contribution in [3.05, 3.63) is 131 Å². The first-order chi connectivity index (χ1) is 18.4. The van der Waals surface area contributed by atoms with E-state index in [1.807, 2.05) is 0 Å². The Morgan fingerprint density at radius 3 is 1.89 bits per heavy atom. The SMILES string of the molecule is Cc1ccc2c(-c3ccc(C)c(C)c3)c3ccccc3c(-c3cccc4c3-c3ccccc3C4(C)C)c2c1. The third kappa shape index (κ3) is 3.16. The maximum absolute atomic E-state index is 2.40. The van der Waals surface area contributed by atoms with Crippen molar-refractivity contribution in [2.75, 3.05) is 0 Å². The van der Waals surface area contributed by atoms with Crippen molar-refractivity contribution in [1.29, 1.82) is 0 Å². The molecule has 0 radical (unpaired) electrons. The van der Waals surface area contributed by atoms with Crippen molar-refractivity contribution in [1.82, 2.24) is 0 Å². The fourth-order valence-electron chi connectivity index (χ4n) is 6.75. The Morgan fingerprint density at radius 2 is 1.11 bits per heavy atom. The fourth-order valence-corrected chi connectivity index (χ4v) is 6.75. The van der Waals surface area contributed by atoms with Crippen LogP contribution < -0.4 is 0 Å². The Labute approximate surface area is 225 Å². The van der Waals surface area contributed by atoms with Crippen molar-refractivity contribution in [3.8, 4) is 33.4 Å². The predicted octanol–water partition coefficient (Wildman–Crippen LogP) is 10.6. The van der Waals surface area contributed by atoms with Crippen LogP contribution in [0.5, 0.6) is 0 Å². The third-order valence-corrected chi connectivity index (χ3v) is 8.85. The molecule has 0 aromatic heterocycles. The van der Waals surface area contributed by atoms with Gasteiger partial charge in [0.2, 0.25) is 0 Å². The summed E-state index contributed by atoms with van der Waals surface area (Å²) in [4.78, 5) is 0. The molecule has 7 rings (SSSR count). The average Bonchev–Trinajstić information content (AvgIpc) is 3.16. The molecule has 0 heteroatoms. The molecule has 0 atom stereocenters. The molecule has 6 aromatic carbocycles. The molecule has 0 nitrogen and oxygen atoms in total. The van der Waals surface area contributed by atoms with E-state index in [9.17, 15) is 0 Å². The fraction of sp³-hybridized carbons (Fsp3) is 0.158. The van der Waals surface area contributed by atoms with Gasteiger partial charge in [0.15, 0.2) is 0 Å². The van der Waals surface area contributed by atoms with Crippen LogP contribution in [0.1, 0.15) is 41.7 Å². The summed E-state index contributed by atoms with van der Waals surface area (Å²) < 4.78 is 0. The van der Waals surface area contributed by atoms with Crippen LogP contribution in [0.25, 0.3) is 54.9 Å². The second-order valence-electron chi connectivity index (χ2n) is 11.5. The highest BCUT2D eigenvalue weighted by atomic mass is 14.4. The third-order valence-electron chi connectivity index (χ3n) is 8.85. The van der Waals surface area contributed by atoms with Crippen molar-refractivity contribution < 1.29 is 0 Å². The number of hydrogen-bond acceptors (Lipinski definition) is 0. The summed E-state index contributed by atoms with van der Waals surface area (Å²) >= 11 is 0. The van der Waals surface area contributed by atoms with Crippen molar-refractivity contribution in [3.63, 3.8) is 0 Å². The van der Waals surface area contributed by atoms with Crippen LogP contribution in [0.2, 0.25) is 0 Å². The zero-order chi connectivity index (χ0) is 26.2. The van der Waals surface area contributed by atoms with E-state index in [0.717, 1.165) is 0 Å². The molecule has 1 aliphatic rings. The van der Waals surface area contributed by atoms with Gasteiger partial charge in [-0.3, -0.25) is 0 Å². The number of aryl methyl sites for hydroxylation is 3. The molecule has 0 saturated carbocycles. The lowest BCUT2D eigenvalue weighted by atomic mass is 9.80. The van der Waals surface area contributed by atoms with Gasteiger partial charge in [-0.15, -0.1) is 0 Å². The van der Waals surface area contributed by atoms with Gasteiger partial charge in [-0.05, 0) is 98.0 Å². The van der Waals surface area contributed by atoms with E-state index in [1.54, 1.807) is 0 Å². The summed E-state index contributed by atoms with van der Waals surface area (Å²) in [7, 11) is 0.